The highest BCUT2D eigenvalue weighted by atomic mass is 79.9. The Balaban J connectivity index is 2.01. The number of rotatable bonds is 4. The first kappa shape index (κ1) is 16.1. The van der Waals surface area contributed by atoms with E-state index in [4.69, 9.17) is 0 Å². The molecule has 1 N–H and O–H groups in total. The van der Waals surface area contributed by atoms with Gasteiger partial charge in [0.25, 0.3) is 5.91 Å². The van der Waals surface area contributed by atoms with Gasteiger partial charge in [0.1, 0.15) is 6.20 Å². The lowest BCUT2D eigenvalue weighted by Gasteiger charge is -2.08. The fourth-order valence-electron chi connectivity index (χ4n) is 2.29. The second-order valence-electron chi connectivity index (χ2n) is 4.92. The van der Waals surface area contributed by atoms with E-state index in [9.17, 15) is 14.9 Å². The van der Waals surface area contributed by atoms with E-state index in [-0.39, 0.29) is 11.4 Å². The van der Waals surface area contributed by atoms with Crippen molar-refractivity contribution < 1.29 is 9.72 Å². The molecule has 0 aliphatic rings. The number of benzene rings is 1. The minimum atomic E-state index is -0.650. The zero-order chi connectivity index (χ0) is 17.3. The molecule has 24 heavy (non-hydrogen) atoms. The fraction of sp³-hybridized carbons (Fsp3) is 0.133. The van der Waals surface area contributed by atoms with Crippen LogP contribution in [0.1, 0.15) is 17.4 Å². The number of aromatic nitrogens is 3. The minimum absolute atomic E-state index is 0.228. The molecule has 0 saturated heterocycles. The summed E-state index contributed by atoms with van der Waals surface area (Å²) in [7, 11) is 0. The van der Waals surface area contributed by atoms with Crippen LogP contribution in [-0.4, -0.2) is 25.6 Å². The maximum atomic E-state index is 12.5. The number of carbonyl (C=O) groups excluding carboxylic acids is 1. The number of nitrogens with zero attached hydrogens (tertiary/aromatic N) is 4. The van der Waals surface area contributed by atoms with Gasteiger partial charge in [0.2, 0.25) is 5.69 Å². The summed E-state index contributed by atoms with van der Waals surface area (Å²) >= 11 is 3.43. The largest absolute Gasteiger partial charge is 0.320 e. The lowest BCUT2D eigenvalue weighted by atomic mass is 10.2. The van der Waals surface area contributed by atoms with E-state index in [1.807, 2.05) is 6.07 Å². The number of anilines is 1. The molecule has 0 radical (unpaired) electrons. The number of nitrogens with one attached hydrogen (secondary N) is 1. The number of halogens is 1. The average Bonchev–Trinajstić information content (AvgIpc) is 3.02. The van der Waals surface area contributed by atoms with Gasteiger partial charge in [-0.25, -0.2) is 0 Å². The van der Waals surface area contributed by atoms with Crippen LogP contribution in [0.4, 0.5) is 11.4 Å². The number of fused-ring (bicyclic) bond motifs is 1. The van der Waals surface area contributed by atoms with Crippen molar-refractivity contribution in [1.29, 1.82) is 0 Å². The summed E-state index contributed by atoms with van der Waals surface area (Å²) in [4.78, 5) is 27.2. The molecular formula is C15H12BrN5O3. The highest BCUT2D eigenvalue weighted by molar-refractivity contribution is 9.10. The van der Waals surface area contributed by atoms with E-state index in [2.05, 4.69) is 31.3 Å². The Kier molecular flexibility index (Phi) is 4.26. The molecule has 0 spiro atoms. The Morgan fingerprint density at radius 2 is 2.21 bits per heavy atom. The number of nitro groups is 1. The maximum Gasteiger partial charge on any atom is 0.320 e. The van der Waals surface area contributed by atoms with Crippen molar-refractivity contribution in [2.75, 3.05) is 5.32 Å². The molecule has 1 amide bonds. The van der Waals surface area contributed by atoms with Gasteiger partial charge in [-0.3, -0.25) is 24.6 Å². The number of carbonyl (C=O) groups is 1. The second-order valence-corrected chi connectivity index (χ2v) is 5.78. The van der Waals surface area contributed by atoms with Crippen LogP contribution >= 0.6 is 15.9 Å². The minimum Gasteiger partial charge on any atom is -0.318 e. The summed E-state index contributed by atoms with van der Waals surface area (Å²) in [6.07, 6.45) is 2.85. The zero-order valence-electron chi connectivity index (χ0n) is 12.6. The Morgan fingerprint density at radius 3 is 2.92 bits per heavy atom. The first-order chi connectivity index (χ1) is 11.5. The van der Waals surface area contributed by atoms with Crippen LogP contribution in [0.2, 0.25) is 0 Å². The van der Waals surface area contributed by atoms with E-state index < -0.39 is 10.8 Å². The molecule has 2 aromatic heterocycles. The van der Waals surface area contributed by atoms with Crippen LogP contribution in [0.5, 0.6) is 0 Å². The molecule has 0 aliphatic heterocycles. The van der Waals surface area contributed by atoms with Crippen molar-refractivity contribution in [3.05, 3.63) is 56.9 Å². The molecule has 2 heterocycles. The summed E-state index contributed by atoms with van der Waals surface area (Å²) in [6, 6.07) is 7.10. The van der Waals surface area contributed by atoms with Gasteiger partial charge >= 0.3 is 5.69 Å². The third kappa shape index (κ3) is 2.85. The average molecular weight is 390 g/mol. The molecule has 1 aromatic carbocycles. The van der Waals surface area contributed by atoms with Gasteiger partial charge in [-0.15, -0.1) is 0 Å². The maximum absolute atomic E-state index is 12.5. The van der Waals surface area contributed by atoms with Gasteiger partial charge in [0.05, 0.1) is 16.1 Å². The molecule has 122 valence electrons. The van der Waals surface area contributed by atoms with Gasteiger partial charge < -0.3 is 5.32 Å². The normalized spacial score (nSPS) is 10.8. The molecule has 3 rings (SSSR count). The number of hydrogen-bond acceptors (Lipinski definition) is 5. The molecule has 0 unspecified atom stereocenters. The monoisotopic (exact) mass is 389 g/mol. The lowest BCUT2D eigenvalue weighted by Crippen LogP contribution is -2.15. The number of hydrogen-bond donors (Lipinski definition) is 1. The van der Waals surface area contributed by atoms with E-state index in [0.717, 1.165) is 9.86 Å². The molecule has 3 aromatic rings. The van der Waals surface area contributed by atoms with Crippen molar-refractivity contribution in [2.45, 2.75) is 13.5 Å². The van der Waals surface area contributed by atoms with Gasteiger partial charge in [0, 0.05) is 22.6 Å². The highest BCUT2D eigenvalue weighted by Crippen LogP contribution is 2.29. The summed E-state index contributed by atoms with van der Waals surface area (Å²) in [5.74, 6) is -0.650. The third-order valence-corrected chi connectivity index (χ3v) is 4.13. The molecule has 0 atom stereocenters. The predicted octanol–water partition coefficient (Wildman–Crippen LogP) is 3.37. The van der Waals surface area contributed by atoms with Gasteiger partial charge in [-0.05, 0) is 25.1 Å². The molecule has 0 bridgehead atoms. The van der Waals surface area contributed by atoms with Crippen molar-refractivity contribution in [3.63, 3.8) is 0 Å². The van der Waals surface area contributed by atoms with Gasteiger partial charge in [-0.2, -0.15) is 5.10 Å². The Hall–Kier alpha value is -2.81. The van der Waals surface area contributed by atoms with Crippen LogP contribution in [0.15, 0.2) is 41.1 Å². The van der Waals surface area contributed by atoms with Crippen LogP contribution in [0.25, 0.3) is 10.9 Å². The van der Waals surface area contributed by atoms with E-state index in [1.165, 1.54) is 10.9 Å². The fourth-order valence-corrected chi connectivity index (χ4v) is 2.74. The Labute approximate surface area is 144 Å². The summed E-state index contributed by atoms with van der Waals surface area (Å²) < 4.78 is 2.19. The summed E-state index contributed by atoms with van der Waals surface area (Å²) in [5.41, 5.74) is 0.481. The Morgan fingerprint density at radius 1 is 1.42 bits per heavy atom. The number of amides is 1. The lowest BCUT2D eigenvalue weighted by molar-refractivity contribution is -0.385. The van der Waals surface area contributed by atoms with Gasteiger partial charge in [0.15, 0.2) is 0 Å². The van der Waals surface area contributed by atoms with Crippen molar-refractivity contribution >= 4 is 44.1 Å². The van der Waals surface area contributed by atoms with Crippen LogP contribution < -0.4 is 5.32 Å². The van der Waals surface area contributed by atoms with Crippen molar-refractivity contribution in [2.24, 2.45) is 0 Å². The van der Waals surface area contributed by atoms with Crippen LogP contribution in [0.3, 0.4) is 0 Å². The van der Waals surface area contributed by atoms with Gasteiger partial charge in [-0.1, -0.05) is 22.0 Å². The molecule has 8 nitrogen and oxygen atoms in total. The molecule has 0 fully saturated rings. The smallest absolute Gasteiger partial charge is 0.318 e. The van der Waals surface area contributed by atoms with E-state index >= 15 is 0 Å². The van der Waals surface area contributed by atoms with E-state index in [0.29, 0.717) is 17.7 Å². The molecule has 0 aliphatic carbocycles. The Bertz CT molecular complexity index is 953. The summed E-state index contributed by atoms with van der Waals surface area (Å²) in [5, 5.41) is 18.6. The molecule has 9 heteroatoms. The highest BCUT2D eigenvalue weighted by Gasteiger charge is 2.26. The first-order valence-corrected chi connectivity index (χ1v) is 7.87. The predicted molar refractivity (Wildman–Crippen MR) is 92.0 cm³/mol. The zero-order valence-corrected chi connectivity index (χ0v) is 14.1. The van der Waals surface area contributed by atoms with Crippen LogP contribution in [0, 0.1) is 10.1 Å². The SMILES string of the molecule is CCn1cc([N+](=O)[O-])c(C(=O)Nc2ccc(Br)c3cccnc23)n1. The third-order valence-electron chi connectivity index (χ3n) is 3.44. The topological polar surface area (TPSA) is 103 Å². The van der Waals surface area contributed by atoms with Crippen molar-refractivity contribution in [1.82, 2.24) is 14.8 Å². The quantitative estimate of drug-likeness (QED) is 0.544. The second kappa shape index (κ2) is 6.36. The molecular weight excluding hydrogens is 378 g/mol. The summed E-state index contributed by atoms with van der Waals surface area (Å²) in [6.45, 7) is 2.21. The van der Waals surface area contributed by atoms with E-state index in [1.54, 1.807) is 31.3 Å². The number of aryl methyl sites for hydroxylation is 1. The standard InChI is InChI=1S/C15H12BrN5O3/c1-2-20-8-12(21(23)24)14(19-20)15(22)18-11-6-5-10(16)9-4-3-7-17-13(9)11/h3-8H,2H2,1H3,(H,18,22). The first-order valence-electron chi connectivity index (χ1n) is 7.07. The van der Waals surface area contributed by atoms with Crippen LogP contribution in [-0.2, 0) is 6.54 Å². The molecule has 0 saturated carbocycles. The number of pyridine rings is 1. The van der Waals surface area contributed by atoms with Crippen molar-refractivity contribution in [3.8, 4) is 0 Å².